The van der Waals surface area contributed by atoms with Crippen LogP contribution in [0, 0.1) is 11.8 Å². The Morgan fingerprint density at radius 3 is 2.47 bits per heavy atom. The average Bonchev–Trinajstić information content (AvgIpc) is 2.37. The van der Waals surface area contributed by atoms with Gasteiger partial charge in [-0.15, -0.1) is 0 Å². The highest BCUT2D eigenvalue weighted by molar-refractivity contribution is 5.79. The number of urea groups is 1. The van der Waals surface area contributed by atoms with Gasteiger partial charge in [0.1, 0.15) is 0 Å². The molecule has 0 aromatic carbocycles. The molecule has 0 spiro atoms. The van der Waals surface area contributed by atoms with Crippen LogP contribution in [0.1, 0.15) is 26.2 Å². The van der Waals surface area contributed by atoms with Gasteiger partial charge in [-0.1, -0.05) is 13.3 Å². The van der Waals surface area contributed by atoms with Crippen molar-refractivity contribution in [3.05, 3.63) is 0 Å². The first-order valence-corrected chi connectivity index (χ1v) is 6.92. The molecule has 1 fully saturated rings. The number of carbonyl (C=O) groups is 2. The highest BCUT2D eigenvalue weighted by Crippen LogP contribution is 2.28. The molecule has 0 aliphatic heterocycles. The summed E-state index contributed by atoms with van der Waals surface area (Å²) < 4.78 is 0. The lowest BCUT2D eigenvalue weighted by atomic mass is 9.77. The fourth-order valence-corrected chi connectivity index (χ4v) is 2.41. The Morgan fingerprint density at radius 2 is 1.84 bits per heavy atom. The Hall–Kier alpha value is -1.30. The Morgan fingerprint density at radius 1 is 1.21 bits per heavy atom. The summed E-state index contributed by atoms with van der Waals surface area (Å²) in [4.78, 5) is 24.8. The monoisotopic (exact) mass is 270 g/mol. The van der Waals surface area contributed by atoms with E-state index in [1.54, 1.807) is 14.1 Å². The van der Waals surface area contributed by atoms with Crippen LogP contribution in [-0.2, 0) is 4.79 Å². The van der Waals surface area contributed by atoms with Crippen molar-refractivity contribution in [1.29, 1.82) is 0 Å². The summed E-state index contributed by atoms with van der Waals surface area (Å²) in [6.45, 7) is 2.94. The molecule has 3 atom stereocenters. The van der Waals surface area contributed by atoms with Gasteiger partial charge in [-0.3, -0.25) is 4.79 Å². The number of nitrogens with zero attached hydrogens (tertiary/aromatic N) is 1. The highest BCUT2D eigenvalue weighted by Gasteiger charge is 2.32. The molecule has 110 valence electrons. The third kappa shape index (κ3) is 4.70. The minimum atomic E-state index is -0.151. The summed E-state index contributed by atoms with van der Waals surface area (Å²) >= 11 is 0. The second-order valence-corrected chi connectivity index (χ2v) is 5.48. The molecule has 19 heavy (non-hydrogen) atoms. The second-order valence-electron chi connectivity index (χ2n) is 5.48. The third-order valence-electron chi connectivity index (χ3n) is 3.81. The van der Waals surface area contributed by atoms with Crippen molar-refractivity contribution in [2.45, 2.75) is 32.2 Å². The molecule has 0 saturated heterocycles. The van der Waals surface area contributed by atoms with E-state index in [1.165, 1.54) is 4.90 Å². The zero-order valence-electron chi connectivity index (χ0n) is 12.1. The lowest BCUT2D eigenvalue weighted by molar-refractivity contribution is -0.127. The fourth-order valence-electron chi connectivity index (χ4n) is 2.41. The molecule has 1 rings (SSSR count). The van der Waals surface area contributed by atoms with Gasteiger partial charge in [0.2, 0.25) is 5.91 Å². The molecule has 1 aliphatic carbocycles. The summed E-state index contributed by atoms with van der Waals surface area (Å²) in [6.07, 6.45) is 2.93. The number of amides is 3. The fraction of sp³-hybridized carbons (Fsp3) is 0.846. The van der Waals surface area contributed by atoms with E-state index in [1.807, 2.05) is 6.92 Å². The minimum absolute atomic E-state index is 0.00769. The molecule has 4 N–H and O–H groups in total. The van der Waals surface area contributed by atoms with Gasteiger partial charge < -0.3 is 21.3 Å². The first-order chi connectivity index (χ1) is 8.93. The quantitative estimate of drug-likeness (QED) is 0.635. The van der Waals surface area contributed by atoms with Crippen molar-refractivity contribution >= 4 is 11.9 Å². The van der Waals surface area contributed by atoms with Gasteiger partial charge in [0.15, 0.2) is 0 Å². The van der Waals surface area contributed by atoms with Crippen LogP contribution in [0.25, 0.3) is 0 Å². The standard InChI is InChI=1S/C13H26N4O2/c1-9-10(5-4-6-11(9)14)12(18)15-7-8-16-13(19)17(2)3/h9-11H,4-8,14H2,1-3H3,(H,15,18)(H,16,19). The summed E-state index contributed by atoms with van der Waals surface area (Å²) in [5.74, 6) is 0.292. The Bertz CT molecular complexity index is 320. The normalized spacial score (nSPS) is 26.6. The van der Waals surface area contributed by atoms with Gasteiger partial charge in [-0.2, -0.15) is 0 Å². The van der Waals surface area contributed by atoms with Crippen LogP contribution in [0.15, 0.2) is 0 Å². The zero-order chi connectivity index (χ0) is 14.4. The van der Waals surface area contributed by atoms with E-state index in [2.05, 4.69) is 10.6 Å². The van der Waals surface area contributed by atoms with Gasteiger partial charge in [0, 0.05) is 39.1 Å². The first kappa shape index (κ1) is 15.8. The van der Waals surface area contributed by atoms with E-state index in [9.17, 15) is 9.59 Å². The summed E-state index contributed by atoms with van der Waals surface area (Å²) in [5, 5.41) is 5.58. The maximum absolute atomic E-state index is 12.0. The number of hydrogen-bond donors (Lipinski definition) is 3. The summed E-state index contributed by atoms with van der Waals surface area (Å²) in [6, 6.07) is -0.0275. The van der Waals surface area contributed by atoms with Crippen molar-refractivity contribution in [3.8, 4) is 0 Å². The van der Waals surface area contributed by atoms with Crippen LogP contribution in [0.5, 0.6) is 0 Å². The van der Waals surface area contributed by atoms with Crippen LogP contribution < -0.4 is 16.4 Å². The first-order valence-electron chi connectivity index (χ1n) is 6.92. The minimum Gasteiger partial charge on any atom is -0.354 e. The van der Waals surface area contributed by atoms with E-state index < -0.39 is 0 Å². The van der Waals surface area contributed by atoms with Crippen molar-refractivity contribution in [1.82, 2.24) is 15.5 Å². The molecule has 1 saturated carbocycles. The Kier molecular flexibility index (Phi) is 6.08. The topological polar surface area (TPSA) is 87.5 Å². The van der Waals surface area contributed by atoms with Gasteiger partial charge in [0.25, 0.3) is 0 Å². The molecule has 0 radical (unpaired) electrons. The lowest BCUT2D eigenvalue weighted by Gasteiger charge is -2.32. The molecule has 6 heteroatoms. The predicted molar refractivity (Wildman–Crippen MR) is 74.6 cm³/mol. The van der Waals surface area contributed by atoms with Crippen LogP contribution in [0.4, 0.5) is 4.79 Å². The van der Waals surface area contributed by atoms with Gasteiger partial charge in [-0.25, -0.2) is 4.79 Å². The number of nitrogens with two attached hydrogens (primary N) is 1. The number of hydrogen-bond acceptors (Lipinski definition) is 3. The van der Waals surface area contributed by atoms with Crippen molar-refractivity contribution in [3.63, 3.8) is 0 Å². The molecular weight excluding hydrogens is 244 g/mol. The van der Waals surface area contributed by atoms with Crippen LogP contribution in [0.2, 0.25) is 0 Å². The molecule has 0 bridgehead atoms. The van der Waals surface area contributed by atoms with E-state index in [0.29, 0.717) is 13.1 Å². The zero-order valence-corrected chi connectivity index (χ0v) is 12.1. The lowest BCUT2D eigenvalue weighted by Crippen LogP contribution is -2.46. The van der Waals surface area contributed by atoms with E-state index in [0.717, 1.165) is 19.3 Å². The van der Waals surface area contributed by atoms with Gasteiger partial charge in [-0.05, 0) is 18.8 Å². The summed E-state index contributed by atoms with van der Waals surface area (Å²) in [7, 11) is 3.36. The predicted octanol–water partition coefficient (Wildman–Crippen LogP) is 0.137. The molecule has 3 unspecified atom stereocenters. The molecule has 6 nitrogen and oxygen atoms in total. The maximum atomic E-state index is 12.0. The van der Waals surface area contributed by atoms with Crippen molar-refractivity contribution in [2.75, 3.05) is 27.2 Å². The smallest absolute Gasteiger partial charge is 0.316 e. The van der Waals surface area contributed by atoms with Gasteiger partial charge in [0.05, 0.1) is 0 Å². The van der Waals surface area contributed by atoms with Crippen molar-refractivity contribution < 1.29 is 9.59 Å². The third-order valence-corrected chi connectivity index (χ3v) is 3.81. The Labute approximate surface area is 115 Å². The van der Waals surface area contributed by atoms with Gasteiger partial charge >= 0.3 is 6.03 Å². The Balaban J connectivity index is 2.25. The SMILES string of the molecule is CC1C(N)CCCC1C(=O)NCCNC(=O)N(C)C. The van der Waals surface area contributed by atoms with Crippen LogP contribution in [-0.4, -0.2) is 50.1 Å². The van der Waals surface area contributed by atoms with E-state index >= 15 is 0 Å². The summed E-state index contributed by atoms with van der Waals surface area (Å²) in [5.41, 5.74) is 5.99. The van der Waals surface area contributed by atoms with Crippen LogP contribution >= 0.6 is 0 Å². The molecule has 3 amide bonds. The number of nitrogens with one attached hydrogen (secondary N) is 2. The maximum Gasteiger partial charge on any atom is 0.316 e. The molecule has 0 aromatic rings. The number of rotatable bonds is 4. The molecule has 0 heterocycles. The molecule has 1 aliphatic rings. The molecule has 0 aromatic heterocycles. The highest BCUT2D eigenvalue weighted by atomic mass is 16.2. The van der Waals surface area contributed by atoms with E-state index in [-0.39, 0.29) is 29.8 Å². The average molecular weight is 270 g/mol. The largest absolute Gasteiger partial charge is 0.354 e. The number of carbonyl (C=O) groups excluding carboxylic acids is 2. The van der Waals surface area contributed by atoms with Crippen molar-refractivity contribution in [2.24, 2.45) is 17.6 Å². The second kappa shape index (κ2) is 7.33. The molecular formula is C13H26N4O2. The van der Waals surface area contributed by atoms with Crippen LogP contribution in [0.3, 0.4) is 0 Å². The van der Waals surface area contributed by atoms with E-state index in [4.69, 9.17) is 5.73 Å².